The molecule has 0 amide bonds. The lowest BCUT2D eigenvalue weighted by atomic mass is 10.1. The van der Waals surface area contributed by atoms with Gasteiger partial charge in [0.05, 0.1) is 19.8 Å². The number of ether oxygens (including phenoxy) is 3. The van der Waals surface area contributed by atoms with Crippen LogP contribution in [-0.2, 0) is 42.2 Å². The number of phosphoric ester groups is 1. The number of carbonyl (C=O) groups is 3. The molecule has 3 unspecified atom stereocenters. The molecule has 388 valence electrons. The van der Waals surface area contributed by atoms with Crippen molar-refractivity contribution in [3.63, 3.8) is 0 Å². The van der Waals surface area contributed by atoms with Crippen molar-refractivity contribution in [3.8, 4) is 0 Å². The van der Waals surface area contributed by atoms with Crippen molar-refractivity contribution in [2.75, 3.05) is 26.4 Å². The first kappa shape index (κ1) is 64.4. The van der Waals surface area contributed by atoms with Crippen molar-refractivity contribution in [1.82, 2.24) is 0 Å². The second kappa shape index (κ2) is 49.8. The van der Waals surface area contributed by atoms with Gasteiger partial charge in [-0.25, -0.2) is 4.57 Å². The summed E-state index contributed by atoms with van der Waals surface area (Å²) in [7, 11) is -4.77. The Kier molecular flexibility index (Phi) is 47.2. The Morgan fingerprint density at radius 2 is 0.824 bits per heavy atom. The highest BCUT2D eigenvalue weighted by atomic mass is 31.2. The molecule has 0 bridgehead atoms. The van der Waals surface area contributed by atoms with E-state index >= 15 is 0 Å². The number of hydrogen-bond donors (Lipinski definition) is 2. The first-order valence-electron chi connectivity index (χ1n) is 26.1. The van der Waals surface area contributed by atoms with E-state index in [0.29, 0.717) is 25.7 Å². The summed E-state index contributed by atoms with van der Waals surface area (Å²) >= 11 is 0. The summed E-state index contributed by atoms with van der Waals surface area (Å²) in [6, 6.07) is 0. The molecule has 0 aliphatic carbocycles. The van der Waals surface area contributed by atoms with Gasteiger partial charge in [0.15, 0.2) is 6.10 Å². The van der Waals surface area contributed by atoms with E-state index in [1.54, 1.807) is 0 Å². The first-order chi connectivity index (χ1) is 33.2. The Hall–Kier alpha value is -3.60. The third-order valence-electron chi connectivity index (χ3n) is 10.5. The molecule has 0 aromatic carbocycles. The van der Waals surface area contributed by atoms with Crippen LogP contribution in [0, 0.1) is 0 Å². The molecule has 0 heterocycles. The maximum atomic E-state index is 12.8. The van der Waals surface area contributed by atoms with Crippen molar-refractivity contribution in [1.29, 1.82) is 0 Å². The van der Waals surface area contributed by atoms with Gasteiger partial charge in [-0.3, -0.25) is 23.4 Å². The van der Waals surface area contributed by atoms with Gasteiger partial charge in [-0.2, -0.15) is 0 Å². The number of aliphatic hydroxyl groups excluding tert-OH is 1. The minimum absolute atomic E-state index is 0.0387. The summed E-state index contributed by atoms with van der Waals surface area (Å²) in [6.07, 6.45) is 56.9. The zero-order valence-corrected chi connectivity index (χ0v) is 43.4. The molecule has 0 radical (unpaired) electrons. The van der Waals surface area contributed by atoms with Gasteiger partial charge in [-0.1, -0.05) is 195 Å². The molecule has 0 fully saturated rings. The fraction of sp³-hybridized carbons (Fsp3) is 0.661. The molecule has 0 aromatic heterocycles. The largest absolute Gasteiger partial charge is 0.472 e. The van der Waals surface area contributed by atoms with Crippen LogP contribution in [0.4, 0.5) is 0 Å². The number of aliphatic hydroxyl groups is 1. The maximum Gasteiger partial charge on any atom is 0.472 e. The monoisotopic (exact) mass is 973 g/mol. The summed E-state index contributed by atoms with van der Waals surface area (Å²) in [5, 5.41) is 9.76. The third kappa shape index (κ3) is 47.5. The minimum atomic E-state index is -4.77. The Morgan fingerprint density at radius 3 is 1.32 bits per heavy atom. The van der Waals surface area contributed by atoms with Crippen molar-refractivity contribution in [3.05, 3.63) is 97.2 Å². The highest BCUT2D eigenvalue weighted by Gasteiger charge is 2.28. The highest BCUT2D eigenvalue weighted by Crippen LogP contribution is 2.43. The average molecular weight is 973 g/mol. The van der Waals surface area contributed by atoms with Crippen molar-refractivity contribution >= 4 is 25.7 Å². The number of allylic oxidation sites excluding steroid dienone is 16. The predicted molar refractivity (Wildman–Crippen MR) is 279 cm³/mol. The second-order valence-electron chi connectivity index (χ2n) is 17.0. The molecule has 68 heavy (non-hydrogen) atoms. The molecule has 0 rings (SSSR count). The molecular formula is C56H93O11P. The van der Waals surface area contributed by atoms with Crippen LogP contribution in [0.15, 0.2) is 97.2 Å². The smallest absolute Gasteiger partial charge is 0.462 e. The summed E-state index contributed by atoms with van der Waals surface area (Å²) in [5.74, 6) is -1.59. The summed E-state index contributed by atoms with van der Waals surface area (Å²) in [5.41, 5.74) is 0. The van der Waals surface area contributed by atoms with Crippen molar-refractivity contribution in [2.45, 2.75) is 213 Å². The standard InChI is InChI=1S/C56H93O11P/c1-4-7-10-13-16-19-21-23-24-25-26-27-28-30-32-35-38-41-44-47-56(60)67-53(49-63-54(58)45-42-39-36-33-18-15-12-9-6-3)51-65-68(61,62)64-50-52(48-57)66-55(59)46-43-40-37-34-31-29-22-20-17-14-11-8-5-2/h7,10-11,14,16,19-20,22-24,26-27,30,32,38,41,52-53,57H,4-6,8-9,12-13,15,17-18,21,25,28-29,31,33-37,39-40,42-51H2,1-3H3,(H,61,62)/b10-7-,14-11-,19-16-,22-20-,24-23-,27-26-,32-30-,41-38-. The fourth-order valence-corrected chi connectivity index (χ4v) is 7.32. The zero-order chi connectivity index (χ0) is 49.9. The predicted octanol–water partition coefficient (Wildman–Crippen LogP) is 14.9. The van der Waals surface area contributed by atoms with Gasteiger partial charge in [-0.15, -0.1) is 0 Å². The lowest BCUT2D eigenvalue weighted by Gasteiger charge is -2.21. The summed E-state index contributed by atoms with van der Waals surface area (Å²) in [4.78, 5) is 48.2. The van der Waals surface area contributed by atoms with Crippen LogP contribution in [0.3, 0.4) is 0 Å². The first-order valence-corrected chi connectivity index (χ1v) is 27.6. The van der Waals surface area contributed by atoms with E-state index in [1.165, 1.54) is 32.1 Å². The quantitative estimate of drug-likeness (QED) is 0.0197. The van der Waals surface area contributed by atoms with Gasteiger partial charge < -0.3 is 24.2 Å². The molecule has 0 saturated heterocycles. The number of phosphoric acid groups is 1. The van der Waals surface area contributed by atoms with Crippen LogP contribution in [0.2, 0.25) is 0 Å². The molecule has 0 spiro atoms. The Balaban J connectivity index is 4.83. The Morgan fingerprint density at radius 1 is 0.426 bits per heavy atom. The van der Waals surface area contributed by atoms with E-state index in [4.69, 9.17) is 23.3 Å². The molecule has 12 heteroatoms. The third-order valence-corrected chi connectivity index (χ3v) is 11.4. The number of carbonyl (C=O) groups excluding carboxylic acids is 3. The molecule has 0 aliphatic heterocycles. The number of esters is 3. The van der Waals surface area contributed by atoms with Gasteiger partial charge in [0, 0.05) is 19.3 Å². The lowest BCUT2D eigenvalue weighted by Crippen LogP contribution is -2.30. The van der Waals surface area contributed by atoms with Crippen LogP contribution in [-0.4, -0.2) is 66.5 Å². The Bertz CT molecular complexity index is 1510. The molecule has 0 aliphatic rings. The van der Waals surface area contributed by atoms with Crippen LogP contribution in [0.1, 0.15) is 201 Å². The van der Waals surface area contributed by atoms with Gasteiger partial charge in [0.25, 0.3) is 0 Å². The fourth-order valence-electron chi connectivity index (χ4n) is 6.54. The van der Waals surface area contributed by atoms with Gasteiger partial charge in [-0.05, 0) is 83.5 Å². The number of unbranched alkanes of at least 4 members (excludes halogenated alkanes) is 14. The molecule has 2 N–H and O–H groups in total. The lowest BCUT2D eigenvalue weighted by molar-refractivity contribution is -0.161. The summed E-state index contributed by atoms with van der Waals surface area (Å²) < 4.78 is 39.2. The second-order valence-corrected chi connectivity index (χ2v) is 18.4. The molecular weight excluding hydrogens is 880 g/mol. The van der Waals surface area contributed by atoms with E-state index in [0.717, 1.165) is 103 Å². The van der Waals surface area contributed by atoms with E-state index in [1.807, 2.05) is 12.2 Å². The van der Waals surface area contributed by atoms with Crippen molar-refractivity contribution in [2.24, 2.45) is 0 Å². The molecule has 0 saturated carbocycles. The zero-order valence-electron chi connectivity index (χ0n) is 42.5. The molecule has 11 nitrogen and oxygen atoms in total. The topological polar surface area (TPSA) is 155 Å². The van der Waals surface area contributed by atoms with Crippen LogP contribution in [0.25, 0.3) is 0 Å². The average Bonchev–Trinajstić information content (AvgIpc) is 3.32. The van der Waals surface area contributed by atoms with Crippen molar-refractivity contribution < 1.29 is 52.2 Å². The van der Waals surface area contributed by atoms with Crippen LogP contribution >= 0.6 is 7.82 Å². The van der Waals surface area contributed by atoms with Crippen LogP contribution < -0.4 is 0 Å². The highest BCUT2D eigenvalue weighted by molar-refractivity contribution is 7.47. The molecule has 3 atom stereocenters. The normalized spacial score (nSPS) is 14.2. The van der Waals surface area contributed by atoms with Gasteiger partial charge in [0.1, 0.15) is 12.7 Å². The number of hydrogen-bond acceptors (Lipinski definition) is 10. The van der Waals surface area contributed by atoms with Gasteiger partial charge in [0.2, 0.25) is 0 Å². The van der Waals surface area contributed by atoms with E-state index in [2.05, 4.69) is 106 Å². The van der Waals surface area contributed by atoms with E-state index in [9.17, 15) is 28.9 Å². The minimum Gasteiger partial charge on any atom is -0.462 e. The van der Waals surface area contributed by atoms with E-state index < -0.39 is 57.8 Å². The summed E-state index contributed by atoms with van der Waals surface area (Å²) in [6.45, 7) is 4.31. The van der Waals surface area contributed by atoms with Gasteiger partial charge >= 0.3 is 25.7 Å². The number of rotatable bonds is 47. The van der Waals surface area contributed by atoms with E-state index in [-0.39, 0.29) is 25.9 Å². The SMILES string of the molecule is CC/C=C\C/C=C\C/C=C\C/C=C\C/C=C\C/C=C\CCC(=O)OC(COC(=O)CCCCCCCCCCC)COP(=O)(O)OCC(CO)OC(=O)CCCCCCC/C=C\C/C=C\CCC. The van der Waals surface area contributed by atoms with Crippen LogP contribution in [0.5, 0.6) is 0 Å². The molecule has 0 aromatic rings. The maximum absolute atomic E-state index is 12.8. The Labute approximate surface area is 412 Å².